The molecule has 0 aromatic heterocycles. The maximum absolute atomic E-state index is 11.6. The number of carbonyl (C=O) groups excluding carboxylic acids is 1. The normalized spacial score (nSPS) is 43.9. The quantitative estimate of drug-likeness (QED) is 0.0535. The first-order valence-corrected chi connectivity index (χ1v) is 26.1. The van der Waals surface area contributed by atoms with Crippen molar-refractivity contribution in [3.63, 3.8) is 0 Å². The Balaban J connectivity index is 1.54. The Labute approximate surface area is 476 Å². The van der Waals surface area contributed by atoms with Crippen LogP contribution in [0.25, 0.3) is 0 Å². The van der Waals surface area contributed by atoms with E-state index in [2.05, 4.69) is 17.2 Å². The molecule has 25 N–H and O–H groups in total. The highest BCUT2D eigenvalue weighted by atomic mass is 16.8. The van der Waals surface area contributed by atoms with Gasteiger partial charge in [0, 0.05) is 39.1 Å². The first kappa shape index (κ1) is 70.8. The molecule has 0 spiro atoms. The highest BCUT2D eigenvalue weighted by Gasteiger charge is 2.55. The van der Waals surface area contributed by atoms with E-state index in [1.54, 1.807) is 0 Å². The fourth-order valence-corrected chi connectivity index (χ4v) is 9.23. The van der Waals surface area contributed by atoms with E-state index in [4.69, 9.17) is 52.1 Å². The minimum atomic E-state index is -2.78. The monoisotopic (exact) mass is 1230 g/mol. The first-order chi connectivity index (χ1) is 39.8. The van der Waals surface area contributed by atoms with Crippen LogP contribution in [-0.4, -0.2) is 343 Å². The molecule has 26 unspecified atom stereocenters. The maximum Gasteiger partial charge on any atom is 0.243 e. The summed E-state index contributed by atoms with van der Waals surface area (Å²) >= 11 is 0. The topological polar surface area (TPSA) is 608 Å². The molecule has 26 atom stereocenters. The van der Waals surface area contributed by atoms with Crippen molar-refractivity contribution in [2.75, 3.05) is 59.3 Å². The molecule has 8 bridgehead atoms. The van der Waals surface area contributed by atoms with Gasteiger partial charge in [0.2, 0.25) is 24.8 Å². The van der Waals surface area contributed by atoms with Crippen molar-refractivity contribution in [2.24, 2.45) is 0 Å². The van der Waals surface area contributed by atoms with E-state index in [-0.39, 0.29) is 19.6 Å². The first-order valence-electron chi connectivity index (χ1n) is 26.1. The number of carbonyl (C=O) groups is 1. The number of hydrogen-bond acceptors (Lipinski definition) is 36. The van der Waals surface area contributed by atoms with Crippen molar-refractivity contribution in [3.05, 3.63) is 47.2 Å². The molecule has 0 aromatic rings. The molecule has 0 saturated carbocycles. The second kappa shape index (κ2) is 32.9. The van der Waals surface area contributed by atoms with E-state index in [0.717, 1.165) is 6.08 Å². The number of amides is 1. The Morgan fingerprint density at radius 3 is 0.976 bits per heavy atom. The van der Waals surface area contributed by atoms with Crippen LogP contribution in [0.5, 0.6) is 0 Å². The minimum absolute atomic E-state index is 0.00649. The molecule has 9 aliphatic rings. The molecular formula is C47H78N2O35. The highest BCUT2D eigenvalue weighted by Crippen LogP contribution is 2.36. The van der Waals surface area contributed by atoms with E-state index in [0.29, 0.717) is 0 Å². The number of aliphatic hydroxyl groups excluding tert-OH is 23. The SMILES string of the molecule is C=CC(=O)NCCNCCC1OC(O)/C(O)=C(\O)C(CCO)OC2OC(CO)C(OC3OC(CO)C(OC4OC(CO)C(OC(O)/C(O)=C(\O)C(CCO)OC5OC(CO)C(OC(O)C(O)=C1O)C(O)C5O)C(O)C4O)C(O)C3O)C(O)C2O. The predicted octanol–water partition coefficient (Wildman–Crippen LogP) is -10.6. The molecule has 9 aliphatic heterocycles. The average Bonchev–Trinajstić information content (AvgIpc) is 3.30. The van der Waals surface area contributed by atoms with Gasteiger partial charge in [-0.25, -0.2) is 0 Å². The number of aliphatic hydroxyl groups is 23. The summed E-state index contributed by atoms with van der Waals surface area (Å²) in [5, 5.41) is 256. The van der Waals surface area contributed by atoms with Gasteiger partial charge in [-0.1, -0.05) is 6.58 Å². The molecule has 0 aromatic carbocycles. The third-order valence-corrected chi connectivity index (χ3v) is 13.9. The van der Waals surface area contributed by atoms with Crippen LogP contribution in [0.2, 0.25) is 0 Å². The number of hydrogen-bond donors (Lipinski definition) is 25. The summed E-state index contributed by atoms with van der Waals surface area (Å²) in [6.45, 7) is -3.21. The van der Waals surface area contributed by atoms with Crippen molar-refractivity contribution in [1.29, 1.82) is 0 Å². The molecule has 4 saturated heterocycles. The van der Waals surface area contributed by atoms with Gasteiger partial charge in [0.05, 0.1) is 26.4 Å². The van der Waals surface area contributed by atoms with Gasteiger partial charge in [0.15, 0.2) is 59.7 Å². The van der Waals surface area contributed by atoms with Gasteiger partial charge in [0.1, 0.15) is 116 Å². The van der Waals surface area contributed by atoms with Crippen molar-refractivity contribution >= 4 is 5.91 Å². The standard InChI is InChI=1S/C47H78N2O35/c1-2-22(56)49-8-7-48-6-3-15-23(57)31(65)42(72)81-37-18(11-52)77-44(33(67)26(37)60)76-17(5-10-51)25(59)32(66)43(73)82-38-19(12-53)79-46(35(69)27(38)61)84-40-21(14-55)80-47(36(70)29(40)63)83-39-20(13-54)78-45(34(68)28(39)62)75-16(4-9-50)24(58)30(64)41(71)74-15/h2,15-21,26-29,33-48,50-55,57-73H,1,3-14H2,(H,49,56)/b30-24+,31-23?,32-25+. The van der Waals surface area contributed by atoms with Gasteiger partial charge in [-0.15, -0.1) is 0 Å². The highest BCUT2D eigenvalue weighted by molar-refractivity contribution is 5.86. The summed E-state index contributed by atoms with van der Waals surface area (Å²) in [5.74, 6) is -9.40. The van der Waals surface area contributed by atoms with Crippen LogP contribution in [0.15, 0.2) is 47.2 Å². The van der Waals surface area contributed by atoms with Crippen LogP contribution < -0.4 is 10.6 Å². The van der Waals surface area contributed by atoms with Crippen LogP contribution in [-0.2, 0) is 56.9 Å². The fourth-order valence-electron chi connectivity index (χ4n) is 9.23. The second-order valence-electron chi connectivity index (χ2n) is 19.5. The number of nitrogens with one attached hydrogen (secondary N) is 2. The summed E-state index contributed by atoms with van der Waals surface area (Å²) in [6, 6.07) is 0. The van der Waals surface area contributed by atoms with Crippen molar-refractivity contribution < 1.29 is 174 Å². The minimum Gasteiger partial charge on any atom is -0.506 e. The van der Waals surface area contributed by atoms with Crippen molar-refractivity contribution in [1.82, 2.24) is 10.6 Å². The molecule has 37 nitrogen and oxygen atoms in total. The predicted molar refractivity (Wildman–Crippen MR) is 264 cm³/mol. The third-order valence-electron chi connectivity index (χ3n) is 13.9. The summed E-state index contributed by atoms with van der Waals surface area (Å²) in [7, 11) is 0. The Bertz CT molecular complexity index is 2140. The van der Waals surface area contributed by atoms with Gasteiger partial charge >= 0.3 is 0 Å². The van der Waals surface area contributed by atoms with Gasteiger partial charge in [0.25, 0.3) is 0 Å². The number of rotatable bonds is 15. The van der Waals surface area contributed by atoms with Crippen LogP contribution in [0, 0.1) is 0 Å². The molecule has 4 fully saturated rings. The zero-order valence-electron chi connectivity index (χ0n) is 44.5. The van der Waals surface area contributed by atoms with Crippen molar-refractivity contribution in [3.8, 4) is 0 Å². The lowest BCUT2D eigenvalue weighted by Gasteiger charge is -2.48. The van der Waals surface area contributed by atoms with Crippen molar-refractivity contribution in [2.45, 2.75) is 179 Å². The lowest BCUT2D eigenvalue weighted by molar-refractivity contribution is -0.383. The molecule has 84 heavy (non-hydrogen) atoms. The average molecular weight is 1230 g/mol. The van der Waals surface area contributed by atoms with Crippen LogP contribution >= 0.6 is 0 Å². The smallest absolute Gasteiger partial charge is 0.243 e. The molecule has 9 heterocycles. The molecule has 1 amide bonds. The summed E-state index contributed by atoms with van der Waals surface area (Å²) < 4.78 is 60.6. The van der Waals surface area contributed by atoms with Gasteiger partial charge in [-0.2, -0.15) is 0 Å². The zero-order chi connectivity index (χ0) is 62.4. The Kier molecular flexibility index (Phi) is 27.7. The Morgan fingerprint density at radius 2 is 0.667 bits per heavy atom. The van der Waals surface area contributed by atoms with E-state index < -0.39 is 259 Å². The summed E-state index contributed by atoms with van der Waals surface area (Å²) in [5.41, 5.74) is 0. The molecule has 0 aliphatic carbocycles. The van der Waals surface area contributed by atoms with Crippen LogP contribution in [0.3, 0.4) is 0 Å². The Hall–Kier alpha value is -3.93. The molecule has 486 valence electrons. The lowest BCUT2D eigenvalue weighted by Crippen LogP contribution is -2.67. The number of fused-ring (bicyclic) bond motifs is 4. The lowest BCUT2D eigenvalue weighted by atomic mass is 9.96. The summed E-state index contributed by atoms with van der Waals surface area (Å²) in [4.78, 5) is 11.6. The zero-order valence-corrected chi connectivity index (χ0v) is 44.5. The molecule has 9 rings (SSSR count). The third kappa shape index (κ3) is 17.0. The Morgan fingerprint density at radius 1 is 0.369 bits per heavy atom. The molecule has 37 heteroatoms. The van der Waals surface area contributed by atoms with E-state index in [9.17, 15) is 122 Å². The van der Waals surface area contributed by atoms with Gasteiger partial charge in [-0.3, -0.25) is 4.79 Å². The second-order valence-corrected chi connectivity index (χ2v) is 19.5. The van der Waals surface area contributed by atoms with Gasteiger partial charge in [-0.05, 0) is 19.0 Å². The maximum atomic E-state index is 11.6. The van der Waals surface area contributed by atoms with E-state index in [1.165, 1.54) is 0 Å². The van der Waals surface area contributed by atoms with Gasteiger partial charge < -0.3 is 180 Å². The van der Waals surface area contributed by atoms with Crippen LogP contribution in [0.4, 0.5) is 0 Å². The summed E-state index contributed by atoms with van der Waals surface area (Å²) in [6.07, 6.45) is -57.7. The fraction of sp³-hybridized carbons (Fsp3) is 0.809. The largest absolute Gasteiger partial charge is 0.506 e. The van der Waals surface area contributed by atoms with E-state index in [1.807, 2.05) is 0 Å². The van der Waals surface area contributed by atoms with Crippen LogP contribution in [0.1, 0.15) is 19.3 Å². The number of ether oxygens (including phenoxy) is 11. The molecule has 0 radical (unpaired) electrons. The molecular weight excluding hydrogens is 1150 g/mol. The van der Waals surface area contributed by atoms with E-state index >= 15 is 0 Å².